The molecule has 22 heavy (non-hydrogen) atoms. The summed E-state index contributed by atoms with van der Waals surface area (Å²) >= 11 is 0. The van der Waals surface area contributed by atoms with Crippen molar-refractivity contribution in [2.24, 2.45) is 0 Å². The van der Waals surface area contributed by atoms with E-state index in [9.17, 15) is 14.4 Å². The van der Waals surface area contributed by atoms with Gasteiger partial charge in [-0.1, -0.05) is 0 Å². The van der Waals surface area contributed by atoms with E-state index >= 15 is 0 Å². The van der Waals surface area contributed by atoms with Crippen molar-refractivity contribution in [1.82, 2.24) is 14.7 Å². The maximum atomic E-state index is 12.0. The summed E-state index contributed by atoms with van der Waals surface area (Å²) in [6.45, 7) is 5.52. The first-order valence-electron chi connectivity index (χ1n) is 7.37. The SMILES string of the molecule is CCOC(=O)CN1CCN(CC(=O)N(C)CC(=O)OC)CC1. The second-order valence-electron chi connectivity index (χ2n) is 5.18. The summed E-state index contributed by atoms with van der Waals surface area (Å²) in [5, 5.41) is 0. The number of carbonyl (C=O) groups excluding carboxylic acids is 3. The molecule has 0 spiro atoms. The van der Waals surface area contributed by atoms with Crippen LogP contribution in [0.15, 0.2) is 0 Å². The average Bonchev–Trinajstić information content (AvgIpc) is 2.49. The average molecular weight is 315 g/mol. The predicted molar refractivity (Wildman–Crippen MR) is 79.2 cm³/mol. The third kappa shape index (κ3) is 6.40. The summed E-state index contributed by atoms with van der Waals surface area (Å²) in [7, 11) is 2.87. The first-order valence-corrected chi connectivity index (χ1v) is 7.37. The summed E-state index contributed by atoms with van der Waals surface area (Å²) in [5.41, 5.74) is 0. The zero-order chi connectivity index (χ0) is 16.5. The lowest BCUT2D eigenvalue weighted by Gasteiger charge is -2.34. The lowest BCUT2D eigenvalue weighted by molar-refractivity contribution is -0.146. The fraction of sp³-hybridized carbons (Fsp3) is 0.786. The Morgan fingerprint density at radius 2 is 1.55 bits per heavy atom. The highest BCUT2D eigenvalue weighted by Gasteiger charge is 2.22. The van der Waals surface area contributed by atoms with E-state index in [0.29, 0.717) is 32.8 Å². The Morgan fingerprint density at radius 1 is 1.00 bits per heavy atom. The molecule has 0 unspecified atom stereocenters. The maximum absolute atomic E-state index is 12.0. The highest BCUT2D eigenvalue weighted by molar-refractivity contribution is 5.83. The molecular weight excluding hydrogens is 290 g/mol. The van der Waals surface area contributed by atoms with Gasteiger partial charge in [0.2, 0.25) is 5.91 Å². The van der Waals surface area contributed by atoms with Crippen LogP contribution in [-0.4, -0.2) is 99.1 Å². The normalized spacial score (nSPS) is 16.1. The number of rotatable bonds is 7. The van der Waals surface area contributed by atoms with Crippen LogP contribution in [0, 0.1) is 0 Å². The van der Waals surface area contributed by atoms with Crippen LogP contribution >= 0.6 is 0 Å². The molecule has 1 fully saturated rings. The number of esters is 2. The molecule has 0 saturated carbocycles. The Labute approximate surface area is 130 Å². The Morgan fingerprint density at radius 3 is 2.05 bits per heavy atom. The summed E-state index contributed by atoms with van der Waals surface area (Å²) < 4.78 is 9.45. The van der Waals surface area contributed by atoms with E-state index < -0.39 is 5.97 Å². The molecule has 0 aromatic heterocycles. The third-order valence-electron chi connectivity index (χ3n) is 3.50. The zero-order valence-electron chi connectivity index (χ0n) is 13.5. The maximum Gasteiger partial charge on any atom is 0.325 e. The summed E-state index contributed by atoms with van der Waals surface area (Å²) in [6.07, 6.45) is 0. The number of carbonyl (C=O) groups is 3. The van der Waals surface area contributed by atoms with Gasteiger partial charge in [-0.25, -0.2) is 0 Å². The monoisotopic (exact) mass is 315 g/mol. The molecule has 126 valence electrons. The first-order chi connectivity index (χ1) is 10.5. The van der Waals surface area contributed by atoms with Crippen molar-refractivity contribution in [2.45, 2.75) is 6.92 Å². The number of hydrogen-bond donors (Lipinski definition) is 0. The van der Waals surface area contributed by atoms with E-state index in [1.807, 2.05) is 9.80 Å². The number of piperazine rings is 1. The molecule has 8 heteroatoms. The molecule has 1 rings (SSSR count). The van der Waals surface area contributed by atoms with E-state index in [-0.39, 0.29) is 31.5 Å². The van der Waals surface area contributed by atoms with Crippen LogP contribution in [0.1, 0.15) is 6.92 Å². The summed E-state index contributed by atoms with van der Waals surface area (Å²) in [4.78, 5) is 39.9. The topological polar surface area (TPSA) is 79.4 Å². The molecule has 0 atom stereocenters. The molecule has 1 heterocycles. The highest BCUT2D eigenvalue weighted by atomic mass is 16.5. The van der Waals surface area contributed by atoms with Gasteiger partial charge in [0.1, 0.15) is 6.54 Å². The van der Waals surface area contributed by atoms with Crippen molar-refractivity contribution < 1.29 is 23.9 Å². The lowest BCUT2D eigenvalue weighted by Crippen LogP contribution is -2.51. The van der Waals surface area contributed by atoms with Crippen LogP contribution in [0.2, 0.25) is 0 Å². The van der Waals surface area contributed by atoms with E-state index in [2.05, 4.69) is 4.74 Å². The first kappa shape index (κ1) is 18.4. The molecule has 8 nitrogen and oxygen atoms in total. The number of nitrogens with zero attached hydrogens (tertiary/aromatic N) is 3. The van der Waals surface area contributed by atoms with Gasteiger partial charge in [-0.05, 0) is 6.92 Å². The standard InChI is InChI=1S/C14H25N3O5/c1-4-22-14(20)11-17-7-5-16(6-8-17)9-12(18)15(2)10-13(19)21-3/h4-11H2,1-3H3. The molecule has 0 radical (unpaired) electrons. The van der Waals surface area contributed by atoms with Gasteiger partial charge in [0.25, 0.3) is 0 Å². The van der Waals surface area contributed by atoms with E-state index in [0.717, 1.165) is 0 Å². The molecule has 1 amide bonds. The summed E-state index contributed by atoms with van der Waals surface area (Å²) in [6, 6.07) is 0. The van der Waals surface area contributed by atoms with Crippen LogP contribution in [0.25, 0.3) is 0 Å². The van der Waals surface area contributed by atoms with Crippen molar-refractivity contribution in [2.75, 3.05) is 66.6 Å². The molecule has 0 aliphatic carbocycles. The lowest BCUT2D eigenvalue weighted by atomic mass is 10.3. The molecule has 1 aliphatic heterocycles. The van der Waals surface area contributed by atoms with Gasteiger partial charge in [0.15, 0.2) is 0 Å². The van der Waals surface area contributed by atoms with Crippen LogP contribution in [0.5, 0.6) is 0 Å². The minimum absolute atomic E-state index is 0.0435. The predicted octanol–water partition coefficient (Wildman–Crippen LogP) is -1.20. The van der Waals surface area contributed by atoms with Crippen LogP contribution in [0.3, 0.4) is 0 Å². The van der Waals surface area contributed by atoms with E-state index in [1.165, 1.54) is 12.0 Å². The minimum Gasteiger partial charge on any atom is -0.468 e. The van der Waals surface area contributed by atoms with Crippen molar-refractivity contribution >= 4 is 17.8 Å². The van der Waals surface area contributed by atoms with Crippen LogP contribution in [-0.2, 0) is 23.9 Å². The van der Waals surface area contributed by atoms with Gasteiger partial charge in [0.05, 0.1) is 26.8 Å². The smallest absolute Gasteiger partial charge is 0.325 e. The van der Waals surface area contributed by atoms with Crippen LogP contribution < -0.4 is 0 Å². The number of likely N-dealkylation sites (N-methyl/N-ethyl adjacent to an activating group) is 1. The minimum atomic E-state index is -0.435. The Bertz CT molecular complexity index is 394. The molecule has 0 N–H and O–H groups in total. The molecule has 1 saturated heterocycles. The summed E-state index contributed by atoms with van der Waals surface area (Å²) in [5.74, 6) is -0.774. The van der Waals surface area contributed by atoms with Gasteiger partial charge in [0, 0.05) is 33.2 Å². The second kappa shape index (κ2) is 9.37. The molecule has 0 aromatic carbocycles. The largest absolute Gasteiger partial charge is 0.468 e. The van der Waals surface area contributed by atoms with Crippen molar-refractivity contribution in [3.05, 3.63) is 0 Å². The third-order valence-corrected chi connectivity index (χ3v) is 3.50. The molecule has 1 aliphatic rings. The Hall–Kier alpha value is -1.67. The molecule has 0 aromatic rings. The zero-order valence-corrected chi connectivity index (χ0v) is 13.5. The van der Waals surface area contributed by atoms with E-state index in [1.54, 1.807) is 14.0 Å². The Kier molecular flexibility index (Phi) is 7.83. The van der Waals surface area contributed by atoms with Gasteiger partial charge >= 0.3 is 11.9 Å². The van der Waals surface area contributed by atoms with Crippen molar-refractivity contribution in [3.8, 4) is 0 Å². The van der Waals surface area contributed by atoms with Gasteiger partial charge in [-0.15, -0.1) is 0 Å². The molecular formula is C14H25N3O5. The van der Waals surface area contributed by atoms with Crippen molar-refractivity contribution in [3.63, 3.8) is 0 Å². The van der Waals surface area contributed by atoms with Gasteiger partial charge in [-0.3, -0.25) is 24.2 Å². The number of hydrogen-bond acceptors (Lipinski definition) is 7. The second-order valence-corrected chi connectivity index (χ2v) is 5.18. The van der Waals surface area contributed by atoms with E-state index in [4.69, 9.17) is 4.74 Å². The van der Waals surface area contributed by atoms with Gasteiger partial charge in [-0.2, -0.15) is 0 Å². The highest BCUT2D eigenvalue weighted by Crippen LogP contribution is 2.03. The van der Waals surface area contributed by atoms with Crippen LogP contribution in [0.4, 0.5) is 0 Å². The number of methoxy groups -OCH3 is 1. The fourth-order valence-corrected chi connectivity index (χ4v) is 2.15. The quantitative estimate of drug-likeness (QED) is 0.546. The fourth-order valence-electron chi connectivity index (χ4n) is 2.15. The number of amides is 1. The molecule has 0 bridgehead atoms. The Balaban J connectivity index is 2.28. The number of ether oxygens (including phenoxy) is 2. The van der Waals surface area contributed by atoms with Crippen molar-refractivity contribution in [1.29, 1.82) is 0 Å². The van der Waals surface area contributed by atoms with Gasteiger partial charge < -0.3 is 14.4 Å².